The van der Waals surface area contributed by atoms with Crippen molar-refractivity contribution in [2.75, 3.05) is 7.11 Å². The highest BCUT2D eigenvalue weighted by atomic mass is 32.1. The quantitative estimate of drug-likeness (QED) is 0.183. The van der Waals surface area contributed by atoms with Crippen LogP contribution in [0, 0.1) is 0 Å². The lowest BCUT2D eigenvalue weighted by molar-refractivity contribution is -0.151. The Morgan fingerprint density at radius 1 is 0.912 bits per heavy atom. The number of thiazole rings is 1. The number of nitrogens with zero attached hydrogens (tertiary/aromatic N) is 2. The van der Waals surface area contributed by atoms with Crippen molar-refractivity contribution >= 4 is 38.5 Å². The van der Waals surface area contributed by atoms with Gasteiger partial charge in [0.2, 0.25) is 0 Å². The van der Waals surface area contributed by atoms with Crippen LogP contribution < -0.4 is 9.47 Å². The molecule has 0 fully saturated rings. The van der Waals surface area contributed by atoms with Crippen LogP contribution in [0.2, 0.25) is 0 Å². The van der Waals surface area contributed by atoms with Crippen molar-refractivity contribution in [2.24, 2.45) is 0 Å². The Labute approximate surface area is 199 Å². The zero-order valence-corrected chi connectivity index (χ0v) is 19.1. The summed E-state index contributed by atoms with van der Waals surface area (Å²) < 4.78 is 18.8. The molecule has 0 aliphatic carbocycles. The highest BCUT2D eigenvalue weighted by Gasteiger charge is 2.14. The number of methoxy groups -OCH3 is 1. The number of ether oxygens (including phenoxy) is 3. The van der Waals surface area contributed by atoms with Crippen molar-refractivity contribution < 1.29 is 23.8 Å². The van der Waals surface area contributed by atoms with Gasteiger partial charge < -0.3 is 14.2 Å². The number of aromatic nitrogens is 2. The molecule has 0 radical (unpaired) electrons. The Kier molecular flexibility index (Phi) is 5.97. The minimum atomic E-state index is -0.679. The number of esters is 2. The lowest BCUT2D eigenvalue weighted by Gasteiger charge is -2.07. The molecule has 0 saturated heterocycles. The van der Waals surface area contributed by atoms with E-state index >= 15 is 0 Å². The fourth-order valence-electron chi connectivity index (χ4n) is 3.50. The second-order valence-electron chi connectivity index (χ2n) is 7.53. The van der Waals surface area contributed by atoms with Crippen LogP contribution in [0.1, 0.15) is 12.0 Å². The summed E-state index contributed by atoms with van der Waals surface area (Å²) in [6, 6.07) is 22.3. The third kappa shape index (κ3) is 4.62. The standard InChI is InChI=1S/C26H20N2O5S/c1-31-19-10-6-17(7-11-19)16-32-24(29)14-25(30)33-20-12-8-18(9-13-20)21-15-28-22-4-2-3-5-23(22)34-26(28)27-21/h2-13,15H,14,16H2,1H3. The van der Waals surface area contributed by atoms with E-state index in [9.17, 15) is 9.59 Å². The van der Waals surface area contributed by atoms with E-state index in [-0.39, 0.29) is 6.61 Å². The molecule has 8 heteroatoms. The Morgan fingerprint density at radius 2 is 1.65 bits per heavy atom. The van der Waals surface area contributed by atoms with Crippen LogP contribution in [0.15, 0.2) is 79.0 Å². The third-order valence-electron chi connectivity index (χ3n) is 5.23. The topological polar surface area (TPSA) is 79.1 Å². The van der Waals surface area contributed by atoms with Crippen LogP contribution in [0.25, 0.3) is 26.4 Å². The fraction of sp³-hybridized carbons (Fsp3) is 0.115. The van der Waals surface area contributed by atoms with Gasteiger partial charge in [-0.3, -0.25) is 14.0 Å². The molecule has 0 bridgehead atoms. The van der Waals surface area contributed by atoms with E-state index in [1.807, 2.05) is 30.5 Å². The van der Waals surface area contributed by atoms with Gasteiger partial charge in [0.1, 0.15) is 24.5 Å². The highest BCUT2D eigenvalue weighted by Crippen LogP contribution is 2.30. The number of carbonyl (C=O) groups excluding carboxylic acids is 2. The number of fused-ring (bicyclic) bond motifs is 3. The molecule has 7 nitrogen and oxygen atoms in total. The van der Waals surface area contributed by atoms with E-state index < -0.39 is 18.4 Å². The average molecular weight is 473 g/mol. The van der Waals surface area contributed by atoms with Crippen LogP contribution in [0.3, 0.4) is 0 Å². The van der Waals surface area contributed by atoms with Crippen molar-refractivity contribution in [1.29, 1.82) is 0 Å². The second kappa shape index (κ2) is 9.36. The van der Waals surface area contributed by atoms with Gasteiger partial charge in [0, 0.05) is 11.8 Å². The van der Waals surface area contributed by atoms with Crippen molar-refractivity contribution in [3.8, 4) is 22.8 Å². The lowest BCUT2D eigenvalue weighted by Crippen LogP contribution is -2.16. The molecule has 3 aromatic carbocycles. The molecule has 0 N–H and O–H groups in total. The smallest absolute Gasteiger partial charge is 0.322 e. The first-order valence-electron chi connectivity index (χ1n) is 10.6. The van der Waals surface area contributed by atoms with E-state index in [1.54, 1.807) is 54.8 Å². The Hall–Kier alpha value is -4.17. The molecule has 0 amide bonds. The van der Waals surface area contributed by atoms with E-state index in [4.69, 9.17) is 19.2 Å². The minimum absolute atomic E-state index is 0.0716. The maximum absolute atomic E-state index is 12.1. The molecule has 34 heavy (non-hydrogen) atoms. The molecule has 0 atom stereocenters. The molecule has 0 spiro atoms. The summed E-state index contributed by atoms with van der Waals surface area (Å²) in [5.74, 6) is -0.265. The zero-order chi connectivity index (χ0) is 23.5. The van der Waals surface area contributed by atoms with E-state index in [2.05, 4.69) is 16.5 Å². The molecule has 5 aromatic rings. The SMILES string of the molecule is COc1ccc(COC(=O)CC(=O)Oc2ccc(-c3cn4c(n3)sc3ccccc34)cc2)cc1. The van der Waals surface area contributed by atoms with Gasteiger partial charge in [-0.1, -0.05) is 35.6 Å². The minimum Gasteiger partial charge on any atom is -0.497 e. The van der Waals surface area contributed by atoms with Gasteiger partial charge in [0.05, 0.1) is 23.0 Å². The maximum Gasteiger partial charge on any atom is 0.322 e. The van der Waals surface area contributed by atoms with Gasteiger partial charge in [-0.25, -0.2) is 4.98 Å². The van der Waals surface area contributed by atoms with E-state index in [0.717, 1.165) is 27.3 Å². The van der Waals surface area contributed by atoms with Crippen LogP contribution in [0.5, 0.6) is 11.5 Å². The second-order valence-corrected chi connectivity index (χ2v) is 8.54. The molecule has 0 unspecified atom stereocenters. The van der Waals surface area contributed by atoms with Crippen molar-refractivity contribution in [2.45, 2.75) is 13.0 Å². The number of imidazole rings is 1. The van der Waals surface area contributed by atoms with Crippen LogP contribution in [-0.2, 0) is 20.9 Å². The molecule has 0 aliphatic rings. The first-order valence-corrected chi connectivity index (χ1v) is 11.4. The highest BCUT2D eigenvalue weighted by molar-refractivity contribution is 7.23. The van der Waals surface area contributed by atoms with Gasteiger partial charge >= 0.3 is 11.9 Å². The molecule has 2 aromatic heterocycles. The molecule has 0 aliphatic heterocycles. The van der Waals surface area contributed by atoms with Crippen LogP contribution in [-0.4, -0.2) is 28.4 Å². The number of hydrogen-bond acceptors (Lipinski definition) is 7. The predicted octanol–water partition coefficient (Wildman–Crippen LogP) is 5.26. The van der Waals surface area contributed by atoms with Crippen LogP contribution >= 0.6 is 11.3 Å². The number of benzene rings is 3. The summed E-state index contributed by atoms with van der Waals surface area (Å²) in [5, 5.41) is 0. The Balaban J connectivity index is 1.17. The summed E-state index contributed by atoms with van der Waals surface area (Å²) in [7, 11) is 1.58. The molecular weight excluding hydrogens is 452 g/mol. The Morgan fingerprint density at radius 3 is 2.41 bits per heavy atom. The summed E-state index contributed by atoms with van der Waals surface area (Å²) in [5.41, 5.74) is 3.65. The molecular formula is C26H20N2O5S. The molecule has 2 heterocycles. The molecule has 0 saturated carbocycles. The molecule has 5 rings (SSSR count). The van der Waals surface area contributed by atoms with E-state index in [1.165, 1.54) is 4.70 Å². The number of carbonyl (C=O) groups is 2. The average Bonchev–Trinajstić information content (AvgIpc) is 3.42. The summed E-state index contributed by atoms with van der Waals surface area (Å²) in [6.07, 6.45) is 1.52. The van der Waals surface area contributed by atoms with Crippen molar-refractivity contribution in [3.05, 3.63) is 84.6 Å². The van der Waals surface area contributed by atoms with Crippen molar-refractivity contribution in [1.82, 2.24) is 9.38 Å². The first-order chi connectivity index (χ1) is 16.6. The van der Waals surface area contributed by atoms with Gasteiger partial charge in [0.25, 0.3) is 0 Å². The first kappa shape index (κ1) is 21.7. The summed E-state index contributed by atoms with van der Waals surface area (Å²) in [4.78, 5) is 29.7. The summed E-state index contributed by atoms with van der Waals surface area (Å²) >= 11 is 1.63. The third-order valence-corrected chi connectivity index (χ3v) is 6.26. The largest absolute Gasteiger partial charge is 0.497 e. The number of hydrogen-bond donors (Lipinski definition) is 0. The number of rotatable bonds is 7. The Bertz CT molecular complexity index is 1470. The monoisotopic (exact) mass is 472 g/mol. The number of para-hydroxylation sites is 1. The normalized spacial score (nSPS) is 11.0. The zero-order valence-electron chi connectivity index (χ0n) is 18.3. The van der Waals surface area contributed by atoms with E-state index in [0.29, 0.717) is 11.5 Å². The van der Waals surface area contributed by atoms with Gasteiger partial charge in [-0.15, -0.1) is 0 Å². The predicted molar refractivity (Wildman–Crippen MR) is 129 cm³/mol. The van der Waals surface area contributed by atoms with Gasteiger partial charge in [-0.2, -0.15) is 0 Å². The molecule has 170 valence electrons. The van der Waals surface area contributed by atoms with Gasteiger partial charge in [-0.05, 0) is 54.1 Å². The lowest BCUT2D eigenvalue weighted by atomic mass is 10.1. The van der Waals surface area contributed by atoms with Crippen molar-refractivity contribution in [3.63, 3.8) is 0 Å². The van der Waals surface area contributed by atoms with Gasteiger partial charge in [0.15, 0.2) is 4.96 Å². The maximum atomic E-state index is 12.1. The van der Waals surface area contributed by atoms with Crippen LogP contribution in [0.4, 0.5) is 0 Å². The summed E-state index contributed by atoms with van der Waals surface area (Å²) in [6.45, 7) is 0.0716. The fourth-order valence-corrected chi connectivity index (χ4v) is 4.51.